The molecule has 8 heteroatoms. The number of anilines is 1. The first-order valence-corrected chi connectivity index (χ1v) is 8.71. The van der Waals surface area contributed by atoms with Gasteiger partial charge in [0.15, 0.2) is 5.13 Å². The normalized spacial score (nSPS) is 11.0. The molecule has 7 nitrogen and oxygen atoms in total. The Balaban J connectivity index is 1.65. The largest absolute Gasteiger partial charge is 0.442 e. The van der Waals surface area contributed by atoms with Crippen molar-refractivity contribution in [1.29, 1.82) is 0 Å². The maximum atomic E-state index is 12.7. The number of aromatic nitrogens is 3. The zero-order valence-corrected chi connectivity index (χ0v) is 14.8. The van der Waals surface area contributed by atoms with Crippen LogP contribution in [-0.2, 0) is 0 Å². The van der Waals surface area contributed by atoms with E-state index in [0.717, 1.165) is 11.3 Å². The number of nitrogens with zero attached hydrogens (tertiary/aromatic N) is 2. The maximum absolute atomic E-state index is 12.7. The highest BCUT2D eigenvalue weighted by atomic mass is 32.1. The van der Waals surface area contributed by atoms with Crippen LogP contribution < -0.4 is 10.9 Å². The topological polar surface area (TPSA) is 101 Å². The number of hydrogen-bond acceptors (Lipinski definition) is 6. The van der Waals surface area contributed by atoms with Gasteiger partial charge in [0.2, 0.25) is 5.71 Å². The molecule has 4 aromatic rings. The minimum Gasteiger partial charge on any atom is -0.442 e. The highest BCUT2D eigenvalue weighted by Crippen LogP contribution is 2.27. The van der Waals surface area contributed by atoms with E-state index in [1.807, 2.05) is 36.6 Å². The number of aromatic amines is 1. The molecule has 3 aromatic heterocycles. The number of fused-ring (bicyclic) bond motifs is 1. The number of furan rings is 1. The van der Waals surface area contributed by atoms with Crippen molar-refractivity contribution in [2.75, 3.05) is 5.32 Å². The molecule has 0 aliphatic rings. The molecule has 0 unspecified atom stereocenters. The molecule has 0 aliphatic heterocycles. The van der Waals surface area contributed by atoms with Gasteiger partial charge < -0.3 is 9.40 Å². The summed E-state index contributed by atoms with van der Waals surface area (Å²) in [5, 5.41) is 5.18. The van der Waals surface area contributed by atoms with Gasteiger partial charge in [-0.3, -0.25) is 14.9 Å². The monoisotopic (exact) mass is 366 g/mol. The Morgan fingerprint density at radius 2 is 2.00 bits per heavy atom. The summed E-state index contributed by atoms with van der Waals surface area (Å²) in [5.74, 6) is -0.124. The smallest absolute Gasteiger partial charge is 0.262 e. The molecule has 4 rings (SSSR count). The summed E-state index contributed by atoms with van der Waals surface area (Å²) in [6, 6.07) is 7.98. The van der Waals surface area contributed by atoms with Crippen LogP contribution in [0.1, 0.15) is 21.7 Å². The summed E-state index contributed by atoms with van der Waals surface area (Å²) in [4.78, 5) is 35.6. The van der Waals surface area contributed by atoms with Crippen LogP contribution in [0.25, 0.3) is 22.4 Å². The Kier molecular flexibility index (Phi) is 3.89. The fourth-order valence-corrected chi connectivity index (χ4v) is 3.39. The van der Waals surface area contributed by atoms with E-state index in [4.69, 9.17) is 4.42 Å². The minimum atomic E-state index is -0.454. The second-order valence-corrected chi connectivity index (χ2v) is 6.66. The number of amides is 1. The van der Waals surface area contributed by atoms with E-state index in [-0.39, 0.29) is 16.7 Å². The number of nitrogens with one attached hydrogen (secondary N) is 2. The summed E-state index contributed by atoms with van der Waals surface area (Å²) in [7, 11) is 0. The Morgan fingerprint density at radius 3 is 2.77 bits per heavy atom. The first-order chi connectivity index (χ1) is 12.5. The zero-order chi connectivity index (χ0) is 18.3. The summed E-state index contributed by atoms with van der Waals surface area (Å²) in [6.45, 7) is 3.64. The molecule has 0 radical (unpaired) electrons. The fraction of sp³-hybridized carbons (Fsp3) is 0.111. The van der Waals surface area contributed by atoms with Gasteiger partial charge in [-0.05, 0) is 13.8 Å². The van der Waals surface area contributed by atoms with E-state index in [2.05, 4.69) is 20.3 Å². The highest BCUT2D eigenvalue weighted by Gasteiger charge is 2.22. The number of H-pyrrole nitrogens is 1. The highest BCUT2D eigenvalue weighted by molar-refractivity contribution is 7.14. The third kappa shape index (κ3) is 2.80. The third-order valence-corrected chi connectivity index (χ3v) is 4.73. The van der Waals surface area contributed by atoms with Crippen molar-refractivity contribution in [3.05, 3.63) is 63.2 Å². The maximum Gasteiger partial charge on any atom is 0.262 e. The molecule has 3 heterocycles. The number of carbonyl (C=O) groups excluding carboxylic acids is 1. The molecule has 1 amide bonds. The Morgan fingerprint density at radius 1 is 1.23 bits per heavy atom. The van der Waals surface area contributed by atoms with Gasteiger partial charge in [0.25, 0.3) is 11.5 Å². The SMILES string of the molecule is Cc1ccc(-c2csc(NC(=O)c3c(C)oc4nc[nH]c(=O)c34)n2)cc1. The van der Waals surface area contributed by atoms with E-state index in [1.54, 1.807) is 6.92 Å². The van der Waals surface area contributed by atoms with Crippen LogP contribution in [0.3, 0.4) is 0 Å². The molecule has 1 aromatic carbocycles. The number of thiazole rings is 1. The number of carbonyl (C=O) groups is 1. The van der Waals surface area contributed by atoms with Crippen molar-refractivity contribution in [3.8, 4) is 11.3 Å². The van der Waals surface area contributed by atoms with Crippen molar-refractivity contribution >= 4 is 33.5 Å². The Hall–Kier alpha value is -3.26. The molecular formula is C18H14N4O3S. The molecule has 26 heavy (non-hydrogen) atoms. The van der Waals surface area contributed by atoms with E-state index < -0.39 is 11.5 Å². The second kappa shape index (κ2) is 6.23. The van der Waals surface area contributed by atoms with Crippen molar-refractivity contribution < 1.29 is 9.21 Å². The Labute approximate surface area is 151 Å². The van der Waals surface area contributed by atoms with Gasteiger partial charge in [-0.15, -0.1) is 11.3 Å². The number of hydrogen-bond donors (Lipinski definition) is 2. The molecule has 130 valence electrons. The molecular weight excluding hydrogens is 352 g/mol. The van der Waals surface area contributed by atoms with Gasteiger partial charge in [-0.1, -0.05) is 29.8 Å². The summed E-state index contributed by atoms with van der Waals surface area (Å²) < 4.78 is 5.42. The minimum absolute atomic E-state index is 0.135. The quantitative estimate of drug-likeness (QED) is 0.578. The Bertz CT molecular complexity index is 1170. The lowest BCUT2D eigenvalue weighted by Crippen LogP contribution is -2.16. The van der Waals surface area contributed by atoms with Crippen molar-refractivity contribution in [2.45, 2.75) is 13.8 Å². The molecule has 0 saturated heterocycles. The van der Waals surface area contributed by atoms with Crippen molar-refractivity contribution in [2.24, 2.45) is 0 Å². The lowest BCUT2D eigenvalue weighted by atomic mass is 10.1. The van der Waals surface area contributed by atoms with Crippen LogP contribution in [0, 0.1) is 13.8 Å². The molecule has 0 fully saturated rings. The lowest BCUT2D eigenvalue weighted by molar-refractivity contribution is 0.102. The van der Waals surface area contributed by atoms with Crippen LogP contribution in [0.2, 0.25) is 0 Å². The van der Waals surface area contributed by atoms with Gasteiger partial charge in [0, 0.05) is 10.9 Å². The van der Waals surface area contributed by atoms with Crippen LogP contribution in [-0.4, -0.2) is 20.9 Å². The number of rotatable bonds is 3. The molecule has 0 saturated carbocycles. The second-order valence-electron chi connectivity index (χ2n) is 5.80. The van der Waals surface area contributed by atoms with Gasteiger partial charge >= 0.3 is 0 Å². The average Bonchev–Trinajstić information content (AvgIpc) is 3.20. The fourth-order valence-electron chi connectivity index (χ4n) is 2.67. The lowest BCUT2D eigenvalue weighted by Gasteiger charge is -2.01. The molecule has 0 bridgehead atoms. The van der Waals surface area contributed by atoms with Gasteiger partial charge in [-0.2, -0.15) is 0 Å². The predicted octanol–water partition coefficient (Wildman–Crippen LogP) is 3.51. The summed E-state index contributed by atoms with van der Waals surface area (Å²) in [5.41, 5.74) is 2.80. The molecule has 0 atom stereocenters. The van der Waals surface area contributed by atoms with Crippen molar-refractivity contribution in [3.63, 3.8) is 0 Å². The number of aryl methyl sites for hydroxylation is 2. The van der Waals surface area contributed by atoms with Gasteiger partial charge in [-0.25, -0.2) is 9.97 Å². The van der Waals surface area contributed by atoms with Crippen LogP contribution in [0.15, 0.2) is 45.2 Å². The predicted molar refractivity (Wildman–Crippen MR) is 99.6 cm³/mol. The third-order valence-electron chi connectivity index (χ3n) is 3.97. The van der Waals surface area contributed by atoms with E-state index in [1.165, 1.54) is 23.2 Å². The zero-order valence-electron chi connectivity index (χ0n) is 14.0. The molecule has 0 aliphatic carbocycles. The standard InChI is InChI=1S/C18H14N4O3S/c1-9-3-5-11(6-4-9)12-7-26-18(21-12)22-16(24)13-10(2)25-17-14(13)15(23)19-8-20-17/h3-8H,1-2H3,(H,19,20,23)(H,21,22,24). The number of benzene rings is 1. The molecule has 0 spiro atoms. The summed E-state index contributed by atoms with van der Waals surface area (Å²) >= 11 is 1.31. The van der Waals surface area contributed by atoms with Gasteiger partial charge in [0.1, 0.15) is 11.1 Å². The average molecular weight is 366 g/mol. The van der Waals surface area contributed by atoms with E-state index in [0.29, 0.717) is 10.9 Å². The first kappa shape index (κ1) is 16.2. The van der Waals surface area contributed by atoms with Crippen molar-refractivity contribution in [1.82, 2.24) is 15.0 Å². The first-order valence-electron chi connectivity index (χ1n) is 7.83. The van der Waals surface area contributed by atoms with Gasteiger partial charge in [0.05, 0.1) is 17.6 Å². The molecule has 2 N–H and O–H groups in total. The van der Waals surface area contributed by atoms with Crippen LogP contribution >= 0.6 is 11.3 Å². The van der Waals surface area contributed by atoms with E-state index >= 15 is 0 Å². The summed E-state index contributed by atoms with van der Waals surface area (Å²) in [6.07, 6.45) is 1.24. The van der Waals surface area contributed by atoms with Crippen LogP contribution in [0.5, 0.6) is 0 Å². The van der Waals surface area contributed by atoms with Crippen LogP contribution in [0.4, 0.5) is 5.13 Å². The van der Waals surface area contributed by atoms with E-state index in [9.17, 15) is 9.59 Å².